The highest BCUT2D eigenvalue weighted by Crippen LogP contribution is 2.34. The Balaban J connectivity index is 2.39. The van der Waals surface area contributed by atoms with E-state index in [0.29, 0.717) is 5.69 Å². The maximum absolute atomic E-state index is 11.3. The lowest BCUT2D eigenvalue weighted by molar-refractivity contribution is -0.384. The van der Waals surface area contributed by atoms with Crippen molar-refractivity contribution in [3.05, 3.63) is 33.9 Å². The number of esters is 1. The van der Waals surface area contributed by atoms with E-state index >= 15 is 0 Å². The number of nitrogens with zero attached hydrogens (tertiary/aromatic N) is 3. The van der Waals surface area contributed by atoms with Crippen molar-refractivity contribution in [1.29, 1.82) is 5.26 Å². The summed E-state index contributed by atoms with van der Waals surface area (Å²) in [6.07, 6.45) is 3.90. The Morgan fingerprint density at radius 3 is 2.73 bits per heavy atom. The van der Waals surface area contributed by atoms with Gasteiger partial charge < -0.3 is 9.64 Å². The lowest BCUT2D eigenvalue weighted by atomic mass is 10.1. The Hall–Kier alpha value is -2.62. The summed E-state index contributed by atoms with van der Waals surface area (Å²) in [6.45, 7) is 1.28. The summed E-state index contributed by atoms with van der Waals surface area (Å²) in [7, 11) is 0. The predicted octanol–water partition coefficient (Wildman–Crippen LogP) is 2.74. The minimum Gasteiger partial charge on any atom is -0.444 e. The molecule has 1 aliphatic rings. The lowest BCUT2D eigenvalue weighted by Gasteiger charge is -2.29. The Bertz CT molecular complexity index is 618. The number of nitriles is 1. The van der Waals surface area contributed by atoms with Crippen molar-refractivity contribution in [1.82, 2.24) is 0 Å². The van der Waals surface area contributed by atoms with Crippen LogP contribution < -0.4 is 4.90 Å². The third kappa shape index (κ3) is 3.52. The summed E-state index contributed by atoms with van der Waals surface area (Å²) in [4.78, 5) is 23.6. The molecule has 0 heterocycles. The standard InChI is InChI=1S/C15H17N3O4/c1-11(19)22-10-17(13-4-2-3-5-13)14-7-6-12(9-16)8-15(14)18(20)21/h6-8,13H,2-5,10H2,1H3. The van der Waals surface area contributed by atoms with Gasteiger partial charge in [0.2, 0.25) is 0 Å². The molecule has 0 spiro atoms. The zero-order chi connectivity index (χ0) is 16.1. The van der Waals surface area contributed by atoms with Crippen molar-refractivity contribution < 1.29 is 14.5 Å². The van der Waals surface area contributed by atoms with Gasteiger partial charge in [-0.3, -0.25) is 14.9 Å². The number of hydrogen-bond donors (Lipinski definition) is 0. The molecular weight excluding hydrogens is 286 g/mol. The maximum atomic E-state index is 11.3. The molecule has 0 N–H and O–H groups in total. The van der Waals surface area contributed by atoms with E-state index in [4.69, 9.17) is 10.00 Å². The fourth-order valence-corrected chi connectivity index (χ4v) is 2.73. The third-order valence-electron chi connectivity index (χ3n) is 3.78. The molecule has 1 saturated carbocycles. The zero-order valence-electron chi connectivity index (χ0n) is 12.3. The Labute approximate surface area is 128 Å². The summed E-state index contributed by atoms with van der Waals surface area (Å²) in [6, 6.07) is 6.35. The molecule has 0 radical (unpaired) electrons. The first-order valence-corrected chi connectivity index (χ1v) is 7.11. The van der Waals surface area contributed by atoms with Gasteiger partial charge in [-0.05, 0) is 25.0 Å². The second kappa shape index (κ2) is 6.89. The molecule has 7 nitrogen and oxygen atoms in total. The fourth-order valence-electron chi connectivity index (χ4n) is 2.73. The van der Waals surface area contributed by atoms with Crippen molar-refractivity contribution >= 4 is 17.3 Å². The molecule has 1 fully saturated rings. The summed E-state index contributed by atoms with van der Waals surface area (Å²) in [5, 5.41) is 20.2. The first kappa shape index (κ1) is 15.8. The van der Waals surface area contributed by atoms with Crippen LogP contribution in [0.2, 0.25) is 0 Å². The van der Waals surface area contributed by atoms with E-state index in [9.17, 15) is 14.9 Å². The number of hydrogen-bond acceptors (Lipinski definition) is 6. The molecule has 2 rings (SSSR count). The quantitative estimate of drug-likeness (QED) is 0.359. The van der Waals surface area contributed by atoms with Crippen molar-refractivity contribution in [3.8, 4) is 6.07 Å². The number of benzene rings is 1. The number of carbonyl (C=O) groups is 1. The molecular formula is C15H17N3O4. The first-order valence-electron chi connectivity index (χ1n) is 7.11. The van der Waals surface area contributed by atoms with Gasteiger partial charge in [0.15, 0.2) is 6.73 Å². The average molecular weight is 303 g/mol. The molecule has 22 heavy (non-hydrogen) atoms. The highest BCUT2D eigenvalue weighted by molar-refractivity contribution is 5.68. The summed E-state index contributed by atoms with van der Waals surface area (Å²) in [5.41, 5.74) is 0.476. The molecule has 1 aliphatic carbocycles. The van der Waals surface area contributed by atoms with Crippen LogP contribution in [-0.2, 0) is 9.53 Å². The van der Waals surface area contributed by atoms with E-state index in [1.54, 1.807) is 11.0 Å². The monoisotopic (exact) mass is 303 g/mol. The number of ether oxygens (including phenoxy) is 1. The van der Waals surface area contributed by atoms with E-state index in [-0.39, 0.29) is 24.0 Å². The summed E-state index contributed by atoms with van der Waals surface area (Å²) < 4.78 is 5.06. The van der Waals surface area contributed by atoms with Gasteiger partial charge in [0, 0.05) is 19.0 Å². The lowest BCUT2D eigenvalue weighted by Crippen LogP contribution is -2.36. The SMILES string of the molecule is CC(=O)OCN(c1ccc(C#N)cc1[N+](=O)[O-])C1CCCC1. The van der Waals surface area contributed by atoms with E-state index in [2.05, 4.69) is 0 Å². The average Bonchev–Trinajstić information content (AvgIpc) is 3.01. The van der Waals surface area contributed by atoms with E-state index in [0.717, 1.165) is 25.7 Å². The normalized spacial score (nSPS) is 14.4. The number of carbonyl (C=O) groups excluding carboxylic acids is 1. The molecule has 1 aromatic carbocycles. The molecule has 0 aliphatic heterocycles. The van der Waals surface area contributed by atoms with Crippen LogP contribution in [-0.4, -0.2) is 23.7 Å². The van der Waals surface area contributed by atoms with Crippen molar-refractivity contribution in [3.63, 3.8) is 0 Å². The van der Waals surface area contributed by atoms with Gasteiger partial charge in [0.1, 0.15) is 5.69 Å². The topological polar surface area (TPSA) is 96.5 Å². The second-order valence-corrected chi connectivity index (χ2v) is 5.25. The first-order chi connectivity index (χ1) is 10.5. The predicted molar refractivity (Wildman–Crippen MR) is 79.2 cm³/mol. The summed E-state index contributed by atoms with van der Waals surface area (Å²) in [5.74, 6) is -0.431. The van der Waals surface area contributed by atoms with Gasteiger partial charge in [-0.15, -0.1) is 0 Å². The van der Waals surface area contributed by atoms with Gasteiger partial charge in [0.25, 0.3) is 5.69 Å². The van der Waals surface area contributed by atoms with Crippen molar-refractivity contribution in [2.24, 2.45) is 0 Å². The highest BCUT2D eigenvalue weighted by Gasteiger charge is 2.29. The van der Waals surface area contributed by atoms with Crippen molar-refractivity contribution in [2.75, 3.05) is 11.6 Å². The van der Waals surface area contributed by atoms with Crippen LogP contribution in [0.3, 0.4) is 0 Å². The molecule has 116 valence electrons. The molecule has 0 unspecified atom stereocenters. The van der Waals surface area contributed by atoms with Gasteiger partial charge in [-0.25, -0.2) is 0 Å². The van der Waals surface area contributed by atoms with Gasteiger partial charge >= 0.3 is 5.97 Å². The van der Waals surface area contributed by atoms with E-state index < -0.39 is 10.9 Å². The molecule has 0 bridgehead atoms. The van der Waals surface area contributed by atoms with Crippen LogP contribution >= 0.6 is 0 Å². The van der Waals surface area contributed by atoms with Crippen LogP contribution in [0.4, 0.5) is 11.4 Å². The number of nitro groups is 1. The molecule has 0 amide bonds. The third-order valence-corrected chi connectivity index (χ3v) is 3.78. The van der Waals surface area contributed by atoms with E-state index in [1.165, 1.54) is 19.1 Å². The van der Waals surface area contributed by atoms with Gasteiger partial charge in [-0.1, -0.05) is 12.8 Å². The molecule has 0 aromatic heterocycles. The number of anilines is 1. The molecule has 1 aromatic rings. The van der Waals surface area contributed by atoms with Crippen molar-refractivity contribution in [2.45, 2.75) is 38.6 Å². The Kier molecular flexibility index (Phi) is 4.94. The summed E-state index contributed by atoms with van der Waals surface area (Å²) >= 11 is 0. The van der Waals surface area contributed by atoms with Gasteiger partial charge in [-0.2, -0.15) is 5.26 Å². The molecule has 0 saturated heterocycles. The zero-order valence-corrected chi connectivity index (χ0v) is 12.3. The van der Waals surface area contributed by atoms with Crippen LogP contribution in [0.5, 0.6) is 0 Å². The van der Waals surface area contributed by atoms with Crippen LogP contribution in [0.15, 0.2) is 18.2 Å². The Morgan fingerprint density at radius 2 is 2.18 bits per heavy atom. The van der Waals surface area contributed by atoms with Gasteiger partial charge in [0.05, 0.1) is 16.6 Å². The highest BCUT2D eigenvalue weighted by atomic mass is 16.6. The number of rotatable bonds is 5. The molecule has 7 heteroatoms. The Morgan fingerprint density at radius 1 is 1.50 bits per heavy atom. The minimum atomic E-state index is -0.508. The largest absolute Gasteiger partial charge is 0.444 e. The maximum Gasteiger partial charge on any atom is 0.304 e. The van der Waals surface area contributed by atoms with Crippen LogP contribution in [0, 0.1) is 21.4 Å². The molecule has 0 atom stereocenters. The fraction of sp³-hybridized carbons (Fsp3) is 0.467. The number of nitro benzene ring substituents is 1. The van der Waals surface area contributed by atoms with Crippen LogP contribution in [0.25, 0.3) is 0 Å². The van der Waals surface area contributed by atoms with E-state index in [1.807, 2.05) is 6.07 Å². The smallest absolute Gasteiger partial charge is 0.304 e. The van der Waals surface area contributed by atoms with Crippen LogP contribution in [0.1, 0.15) is 38.2 Å². The minimum absolute atomic E-state index is 0.0211. The second-order valence-electron chi connectivity index (χ2n) is 5.25.